The molecule has 1 rings (SSSR count). The van der Waals surface area contributed by atoms with E-state index in [2.05, 4.69) is 15.3 Å². The number of aromatic nitrogens is 2. The molecule has 0 saturated carbocycles. The zero-order valence-corrected chi connectivity index (χ0v) is 6.87. The van der Waals surface area contributed by atoms with Crippen molar-refractivity contribution in [1.29, 1.82) is 0 Å². The van der Waals surface area contributed by atoms with Gasteiger partial charge >= 0.3 is 0 Å². The molecule has 7 N–H and O–H groups in total. The molecule has 1 aromatic heterocycles. The molecule has 0 aliphatic rings. The average molecular weight is 185 g/mol. The lowest BCUT2D eigenvalue weighted by Crippen LogP contribution is -2.20. The third-order valence-corrected chi connectivity index (χ3v) is 1.38. The van der Waals surface area contributed by atoms with Crippen LogP contribution in [-0.2, 0) is 0 Å². The summed E-state index contributed by atoms with van der Waals surface area (Å²) >= 11 is 0. The number of hydrogen-bond acceptors (Lipinski definition) is 6. The molecule has 0 spiro atoms. The molecule has 13 heavy (non-hydrogen) atoms. The second kappa shape index (κ2) is 3.76. The van der Waals surface area contributed by atoms with E-state index in [1.54, 1.807) is 0 Å². The number of aromatic amines is 1. The number of nitrogens with two attached hydrogens (primary N) is 2. The van der Waals surface area contributed by atoms with Crippen molar-refractivity contribution >= 4 is 17.5 Å². The first-order valence-electron chi connectivity index (χ1n) is 3.65. The number of nitrogens with one attached hydrogen (secondary N) is 2. The van der Waals surface area contributed by atoms with Crippen LogP contribution in [0, 0.1) is 0 Å². The van der Waals surface area contributed by atoms with E-state index in [4.69, 9.17) is 16.6 Å². The van der Waals surface area contributed by atoms with Crippen LogP contribution in [0.25, 0.3) is 0 Å². The van der Waals surface area contributed by atoms with Crippen molar-refractivity contribution in [1.82, 2.24) is 9.97 Å². The van der Waals surface area contributed by atoms with Gasteiger partial charge in [0.2, 0.25) is 5.95 Å². The van der Waals surface area contributed by atoms with Crippen LogP contribution in [0.2, 0.25) is 0 Å². The number of H-pyrrole nitrogens is 1. The molecule has 1 aromatic rings. The Morgan fingerprint density at radius 2 is 2.23 bits per heavy atom. The fraction of sp³-hybridized carbons (Fsp3) is 0.333. The summed E-state index contributed by atoms with van der Waals surface area (Å²) in [6.07, 6.45) is 0. The third kappa shape index (κ3) is 2.09. The number of hydrogen-bond donors (Lipinski definition) is 5. The smallest absolute Gasteiger partial charge is 0.277 e. The molecule has 0 amide bonds. The predicted molar refractivity (Wildman–Crippen MR) is 49.3 cm³/mol. The molecule has 0 saturated heterocycles. The van der Waals surface area contributed by atoms with Gasteiger partial charge in [-0.2, -0.15) is 4.98 Å². The maximum Gasteiger partial charge on any atom is 0.277 e. The molecule has 0 fully saturated rings. The highest BCUT2D eigenvalue weighted by Gasteiger charge is 2.05. The highest BCUT2D eigenvalue weighted by atomic mass is 16.3. The van der Waals surface area contributed by atoms with Gasteiger partial charge in [-0.15, -0.1) is 0 Å². The first-order valence-corrected chi connectivity index (χ1v) is 3.65. The number of anilines is 3. The van der Waals surface area contributed by atoms with E-state index in [1.165, 1.54) is 0 Å². The lowest BCUT2D eigenvalue weighted by Gasteiger charge is -2.05. The third-order valence-electron chi connectivity index (χ3n) is 1.38. The first kappa shape index (κ1) is 9.33. The Morgan fingerprint density at radius 3 is 2.85 bits per heavy atom. The highest BCUT2D eigenvalue weighted by molar-refractivity contribution is 5.60. The van der Waals surface area contributed by atoms with E-state index in [-0.39, 0.29) is 30.6 Å². The van der Waals surface area contributed by atoms with Gasteiger partial charge in [-0.3, -0.25) is 9.78 Å². The molecule has 1 heterocycles. The van der Waals surface area contributed by atoms with E-state index in [1.807, 2.05) is 0 Å². The fourth-order valence-corrected chi connectivity index (χ4v) is 0.809. The quantitative estimate of drug-likeness (QED) is 0.383. The van der Waals surface area contributed by atoms with Crippen LogP contribution in [0.3, 0.4) is 0 Å². The molecule has 72 valence electrons. The van der Waals surface area contributed by atoms with Crippen LogP contribution < -0.4 is 22.3 Å². The maximum absolute atomic E-state index is 11.0. The molecule has 0 atom stereocenters. The molecule has 0 radical (unpaired) electrons. The number of nitrogen functional groups attached to an aromatic ring is 2. The molecule has 0 aliphatic heterocycles. The summed E-state index contributed by atoms with van der Waals surface area (Å²) in [6, 6.07) is 0. The van der Waals surface area contributed by atoms with Crippen molar-refractivity contribution in [3.05, 3.63) is 10.4 Å². The van der Waals surface area contributed by atoms with Gasteiger partial charge in [0.15, 0.2) is 5.82 Å². The van der Waals surface area contributed by atoms with Crippen molar-refractivity contribution in [2.45, 2.75) is 0 Å². The van der Waals surface area contributed by atoms with Crippen molar-refractivity contribution in [2.24, 2.45) is 0 Å². The van der Waals surface area contributed by atoms with Gasteiger partial charge in [-0.1, -0.05) is 0 Å². The second-order valence-corrected chi connectivity index (χ2v) is 2.36. The van der Waals surface area contributed by atoms with Crippen molar-refractivity contribution in [2.75, 3.05) is 29.9 Å². The number of aliphatic hydroxyl groups is 1. The minimum absolute atomic E-state index is 0.0142. The Balaban J connectivity index is 2.99. The van der Waals surface area contributed by atoms with E-state index in [9.17, 15) is 4.79 Å². The van der Waals surface area contributed by atoms with Gasteiger partial charge in [0, 0.05) is 6.54 Å². The average Bonchev–Trinajstić information content (AvgIpc) is 2.09. The molecule has 7 nitrogen and oxygen atoms in total. The Hall–Kier alpha value is -1.76. The zero-order chi connectivity index (χ0) is 9.84. The maximum atomic E-state index is 11.0. The van der Waals surface area contributed by atoms with Gasteiger partial charge in [0.05, 0.1) is 6.61 Å². The lowest BCUT2D eigenvalue weighted by atomic mass is 10.4. The number of nitrogens with zero attached hydrogens (tertiary/aromatic N) is 1. The van der Waals surface area contributed by atoms with Crippen molar-refractivity contribution in [3.63, 3.8) is 0 Å². The molecule has 0 unspecified atom stereocenters. The Labute approximate surface area is 73.8 Å². The van der Waals surface area contributed by atoms with Gasteiger partial charge in [-0.25, -0.2) is 0 Å². The Bertz CT molecular complexity index is 347. The molecule has 0 aromatic carbocycles. The number of aliphatic hydroxyl groups excluding tert-OH is 1. The van der Waals surface area contributed by atoms with Crippen molar-refractivity contribution in [3.8, 4) is 0 Å². The van der Waals surface area contributed by atoms with Crippen LogP contribution in [0.4, 0.5) is 17.5 Å². The van der Waals surface area contributed by atoms with E-state index < -0.39 is 5.56 Å². The summed E-state index contributed by atoms with van der Waals surface area (Å²) in [5.74, 6) is 0.176. The first-order chi connectivity index (χ1) is 6.15. The zero-order valence-electron chi connectivity index (χ0n) is 6.87. The standard InChI is InChI=1S/C6H11N5O2/c7-3-4(9-1-2-12)10-6(8)11-5(3)13/h12H,1-2,7H2,(H4,8,9,10,11,13). The van der Waals surface area contributed by atoms with Crippen LogP contribution in [0.5, 0.6) is 0 Å². The summed E-state index contributed by atoms with van der Waals surface area (Å²) < 4.78 is 0. The molecule has 0 aliphatic carbocycles. The SMILES string of the molecule is Nc1nc(NCCO)c(N)c(=O)[nH]1. The normalized spacial score (nSPS) is 9.92. The minimum Gasteiger partial charge on any atom is -0.395 e. The molecule has 7 heteroatoms. The topological polar surface area (TPSA) is 130 Å². The fourth-order valence-electron chi connectivity index (χ4n) is 0.809. The van der Waals surface area contributed by atoms with Gasteiger partial charge in [-0.05, 0) is 0 Å². The highest BCUT2D eigenvalue weighted by Crippen LogP contribution is 2.08. The Kier molecular flexibility index (Phi) is 2.70. The summed E-state index contributed by atoms with van der Waals surface area (Å²) in [5.41, 5.74) is 10.1. The summed E-state index contributed by atoms with van der Waals surface area (Å²) in [4.78, 5) is 17.0. The Morgan fingerprint density at radius 1 is 1.54 bits per heavy atom. The lowest BCUT2D eigenvalue weighted by molar-refractivity contribution is 0.311. The van der Waals surface area contributed by atoms with E-state index in [0.717, 1.165) is 0 Å². The second-order valence-electron chi connectivity index (χ2n) is 2.36. The van der Waals surface area contributed by atoms with Crippen LogP contribution in [0.1, 0.15) is 0 Å². The van der Waals surface area contributed by atoms with Crippen LogP contribution in [0.15, 0.2) is 4.79 Å². The molecule has 0 bridgehead atoms. The molecular formula is C6H11N5O2. The monoisotopic (exact) mass is 185 g/mol. The summed E-state index contributed by atoms with van der Waals surface area (Å²) in [5, 5.41) is 11.2. The van der Waals surface area contributed by atoms with E-state index in [0.29, 0.717) is 0 Å². The summed E-state index contributed by atoms with van der Waals surface area (Å²) in [7, 11) is 0. The van der Waals surface area contributed by atoms with E-state index >= 15 is 0 Å². The minimum atomic E-state index is -0.493. The van der Waals surface area contributed by atoms with Crippen LogP contribution in [-0.4, -0.2) is 28.2 Å². The van der Waals surface area contributed by atoms with Gasteiger partial charge < -0.3 is 21.9 Å². The predicted octanol–water partition coefficient (Wildman–Crippen LogP) is -1.66. The molecular weight excluding hydrogens is 174 g/mol. The van der Waals surface area contributed by atoms with Gasteiger partial charge in [0.1, 0.15) is 5.69 Å². The van der Waals surface area contributed by atoms with Crippen LogP contribution >= 0.6 is 0 Å². The largest absolute Gasteiger partial charge is 0.395 e. The number of rotatable bonds is 3. The van der Waals surface area contributed by atoms with Crippen molar-refractivity contribution < 1.29 is 5.11 Å². The van der Waals surface area contributed by atoms with Gasteiger partial charge in [0.25, 0.3) is 5.56 Å². The summed E-state index contributed by atoms with van der Waals surface area (Å²) in [6.45, 7) is 0.188.